The van der Waals surface area contributed by atoms with Crippen LogP contribution in [0.3, 0.4) is 0 Å². The minimum atomic E-state index is -3.46. The smallest absolute Gasteiger partial charge is 0.220 e. The van der Waals surface area contributed by atoms with Crippen molar-refractivity contribution in [3.05, 3.63) is 47.9 Å². The van der Waals surface area contributed by atoms with Gasteiger partial charge in [-0.05, 0) is 18.6 Å². The average Bonchev–Trinajstić information content (AvgIpc) is 2.92. The first-order valence-corrected chi connectivity index (χ1v) is 8.76. The van der Waals surface area contributed by atoms with Crippen molar-refractivity contribution in [2.24, 2.45) is 0 Å². The van der Waals surface area contributed by atoms with Crippen LogP contribution in [0.15, 0.2) is 41.1 Å². The van der Waals surface area contributed by atoms with Gasteiger partial charge in [0.05, 0.1) is 5.69 Å². The number of sulfonamides is 1. The summed E-state index contributed by atoms with van der Waals surface area (Å²) in [5.41, 5.74) is 2.52. The number of fused-ring (bicyclic) bond motifs is 1. The zero-order valence-corrected chi connectivity index (χ0v) is 13.5. The van der Waals surface area contributed by atoms with Crippen LogP contribution in [0.2, 0.25) is 0 Å². The number of anilines is 1. The first-order valence-electron chi connectivity index (χ1n) is 7.15. The lowest BCUT2D eigenvalue weighted by molar-refractivity contribution is 0.339. The van der Waals surface area contributed by atoms with Crippen LogP contribution >= 0.6 is 0 Å². The number of aromatic nitrogens is 1. The quantitative estimate of drug-likeness (QED) is 0.863. The van der Waals surface area contributed by atoms with E-state index in [2.05, 4.69) is 10.1 Å². The molecule has 0 amide bonds. The summed E-state index contributed by atoms with van der Waals surface area (Å²) in [5, 5.41) is 3.71. The number of hydrogen-bond acceptors (Lipinski definition) is 5. The molecular weight excluding hydrogens is 302 g/mol. The van der Waals surface area contributed by atoms with Crippen molar-refractivity contribution >= 4 is 15.7 Å². The fourth-order valence-corrected chi connectivity index (χ4v) is 4.52. The maximum atomic E-state index is 12.8. The summed E-state index contributed by atoms with van der Waals surface area (Å²) in [7, 11) is -1.47. The van der Waals surface area contributed by atoms with E-state index >= 15 is 0 Å². The summed E-state index contributed by atoms with van der Waals surface area (Å²) in [4.78, 5) is 2.10. The lowest BCUT2D eigenvalue weighted by atomic mass is 10.1. The van der Waals surface area contributed by atoms with E-state index in [4.69, 9.17) is 4.52 Å². The highest BCUT2D eigenvalue weighted by molar-refractivity contribution is 7.88. The zero-order chi connectivity index (χ0) is 15.7. The third-order valence-corrected chi connectivity index (χ3v) is 5.80. The van der Waals surface area contributed by atoms with Crippen molar-refractivity contribution in [1.82, 2.24) is 9.46 Å². The molecule has 0 N–H and O–H groups in total. The number of benzene rings is 1. The average molecular weight is 321 g/mol. The van der Waals surface area contributed by atoms with Gasteiger partial charge in [-0.1, -0.05) is 23.4 Å². The van der Waals surface area contributed by atoms with Gasteiger partial charge in [0.15, 0.2) is 0 Å². The molecular formula is C15H19N3O3S. The SMILES string of the molecule is C[C@@H]1CN(C)c2ccccc2CN1S(=O)(=O)Cc1ccon1. The van der Waals surface area contributed by atoms with E-state index in [1.54, 1.807) is 10.4 Å². The molecule has 2 aromatic rings. The van der Waals surface area contributed by atoms with Crippen LogP contribution in [0.5, 0.6) is 0 Å². The molecule has 0 fully saturated rings. The zero-order valence-electron chi connectivity index (χ0n) is 12.6. The maximum absolute atomic E-state index is 12.8. The molecule has 7 heteroatoms. The van der Waals surface area contributed by atoms with Crippen molar-refractivity contribution in [1.29, 1.82) is 0 Å². The number of hydrogen-bond donors (Lipinski definition) is 0. The second-order valence-electron chi connectivity index (χ2n) is 5.65. The summed E-state index contributed by atoms with van der Waals surface area (Å²) in [6.45, 7) is 2.96. The molecule has 1 aliphatic heterocycles. The summed E-state index contributed by atoms with van der Waals surface area (Å²) in [5.74, 6) is -0.139. The van der Waals surface area contributed by atoms with E-state index in [9.17, 15) is 8.42 Å². The fraction of sp³-hybridized carbons (Fsp3) is 0.400. The van der Waals surface area contributed by atoms with Crippen LogP contribution in [0.25, 0.3) is 0 Å². The van der Waals surface area contributed by atoms with Gasteiger partial charge in [-0.2, -0.15) is 4.31 Å². The molecule has 6 nitrogen and oxygen atoms in total. The molecule has 1 aliphatic rings. The Morgan fingerprint density at radius 3 is 2.82 bits per heavy atom. The second-order valence-corrected chi connectivity index (χ2v) is 7.57. The summed E-state index contributed by atoms with van der Waals surface area (Å²) < 4.78 is 31.8. The summed E-state index contributed by atoms with van der Waals surface area (Å²) in [6.07, 6.45) is 1.39. The van der Waals surface area contributed by atoms with Gasteiger partial charge in [0.2, 0.25) is 10.0 Å². The molecule has 0 bridgehead atoms. The molecule has 22 heavy (non-hydrogen) atoms. The highest BCUT2D eigenvalue weighted by Crippen LogP contribution is 2.28. The second kappa shape index (κ2) is 5.73. The van der Waals surface area contributed by atoms with E-state index in [-0.39, 0.29) is 11.8 Å². The standard InChI is InChI=1S/C15H19N3O3S/c1-12-9-17(2)15-6-4-3-5-13(15)10-18(12)22(19,20)11-14-7-8-21-16-14/h3-8,12H,9-11H2,1-2H3/t12-/m1/s1. The largest absolute Gasteiger partial charge is 0.373 e. The molecule has 3 rings (SSSR count). The Hall–Kier alpha value is -1.86. The highest BCUT2D eigenvalue weighted by atomic mass is 32.2. The van der Waals surface area contributed by atoms with Gasteiger partial charge in [-0.15, -0.1) is 0 Å². The predicted molar refractivity (Wildman–Crippen MR) is 83.8 cm³/mol. The molecule has 1 aromatic carbocycles. The number of likely N-dealkylation sites (N-methyl/N-ethyl adjacent to an activating group) is 1. The molecule has 0 spiro atoms. The predicted octanol–water partition coefficient (Wildman–Crippen LogP) is 1.84. The minimum absolute atomic E-state index is 0.116. The monoisotopic (exact) mass is 321 g/mol. The third kappa shape index (κ3) is 2.86. The molecule has 0 unspecified atom stereocenters. The molecule has 0 aliphatic carbocycles. The van der Waals surface area contributed by atoms with Gasteiger partial charge >= 0.3 is 0 Å². The van der Waals surface area contributed by atoms with Crippen molar-refractivity contribution < 1.29 is 12.9 Å². The first-order chi connectivity index (χ1) is 10.5. The van der Waals surface area contributed by atoms with Crippen molar-refractivity contribution in [3.63, 3.8) is 0 Å². The Morgan fingerprint density at radius 2 is 2.09 bits per heavy atom. The number of nitrogens with zero attached hydrogens (tertiary/aromatic N) is 3. The van der Waals surface area contributed by atoms with E-state index < -0.39 is 10.0 Å². The van der Waals surface area contributed by atoms with E-state index in [0.29, 0.717) is 18.8 Å². The molecule has 1 atom stereocenters. The van der Waals surface area contributed by atoms with Gasteiger partial charge < -0.3 is 9.42 Å². The van der Waals surface area contributed by atoms with Gasteiger partial charge in [0.1, 0.15) is 12.0 Å². The van der Waals surface area contributed by atoms with Gasteiger partial charge in [0, 0.05) is 37.9 Å². The Balaban J connectivity index is 1.93. The van der Waals surface area contributed by atoms with Crippen LogP contribution < -0.4 is 4.90 Å². The van der Waals surface area contributed by atoms with Gasteiger partial charge in [0.25, 0.3) is 0 Å². The number of rotatable bonds is 3. The van der Waals surface area contributed by atoms with Crippen molar-refractivity contribution in [2.45, 2.75) is 25.3 Å². The summed E-state index contributed by atoms with van der Waals surface area (Å²) >= 11 is 0. The van der Waals surface area contributed by atoms with E-state index in [1.807, 2.05) is 38.2 Å². The van der Waals surface area contributed by atoms with Crippen LogP contribution in [0.1, 0.15) is 18.2 Å². The Bertz CT molecular complexity index is 743. The fourth-order valence-electron chi connectivity index (χ4n) is 2.88. The lowest BCUT2D eigenvalue weighted by Crippen LogP contribution is -2.42. The maximum Gasteiger partial charge on any atom is 0.220 e. The Morgan fingerprint density at radius 1 is 1.32 bits per heavy atom. The Kier molecular flexibility index (Phi) is 3.92. The normalized spacial score (nSPS) is 19.7. The number of para-hydroxylation sites is 1. The highest BCUT2D eigenvalue weighted by Gasteiger charge is 2.32. The molecule has 2 heterocycles. The van der Waals surface area contributed by atoms with Crippen LogP contribution in [0.4, 0.5) is 5.69 Å². The minimum Gasteiger partial charge on any atom is -0.373 e. The third-order valence-electron chi connectivity index (χ3n) is 3.94. The molecule has 0 saturated carbocycles. The van der Waals surface area contributed by atoms with Crippen LogP contribution in [-0.2, 0) is 22.3 Å². The van der Waals surface area contributed by atoms with E-state index in [1.165, 1.54) is 6.26 Å². The van der Waals surface area contributed by atoms with Crippen molar-refractivity contribution in [2.75, 3.05) is 18.5 Å². The molecule has 0 radical (unpaired) electrons. The van der Waals surface area contributed by atoms with Gasteiger partial charge in [-0.25, -0.2) is 8.42 Å². The van der Waals surface area contributed by atoms with Crippen LogP contribution in [-0.4, -0.2) is 37.5 Å². The van der Waals surface area contributed by atoms with Crippen LogP contribution in [0, 0.1) is 0 Å². The topological polar surface area (TPSA) is 66.7 Å². The first kappa shape index (κ1) is 15.1. The molecule has 118 valence electrons. The van der Waals surface area contributed by atoms with Gasteiger partial charge in [-0.3, -0.25) is 0 Å². The Labute approximate surface area is 130 Å². The summed E-state index contributed by atoms with van der Waals surface area (Å²) in [6, 6.07) is 9.37. The lowest BCUT2D eigenvalue weighted by Gasteiger charge is -2.27. The molecule has 1 aromatic heterocycles. The van der Waals surface area contributed by atoms with Crippen molar-refractivity contribution in [3.8, 4) is 0 Å². The van der Waals surface area contributed by atoms with E-state index in [0.717, 1.165) is 11.3 Å². The molecule has 0 saturated heterocycles.